The normalized spacial score (nSPS) is 25.9. The summed E-state index contributed by atoms with van der Waals surface area (Å²) in [6.07, 6.45) is 43.3. The number of hydrogen-bond acceptors (Lipinski definition) is 15. The molecule has 2 aliphatic carbocycles. The van der Waals surface area contributed by atoms with Gasteiger partial charge in [-0.25, -0.2) is 21.9 Å². The second-order valence-electron chi connectivity index (χ2n) is 50.0. The van der Waals surface area contributed by atoms with Crippen molar-refractivity contribution in [3.05, 3.63) is 52.5 Å². The number of aliphatic hydroxyl groups is 2. The van der Waals surface area contributed by atoms with E-state index in [0.717, 1.165) is 145 Å². The molecule has 3 N–H and O–H groups in total. The van der Waals surface area contributed by atoms with E-state index in [1.807, 2.05) is 13.1 Å². The Balaban J connectivity index is 0.000000256. The second kappa shape index (κ2) is 53.5. The molecule has 744 valence electrons. The summed E-state index contributed by atoms with van der Waals surface area (Å²) in [5, 5.41) is 29.0. The van der Waals surface area contributed by atoms with E-state index in [0.29, 0.717) is 67.2 Å². The van der Waals surface area contributed by atoms with Crippen molar-refractivity contribution in [3.63, 3.8) is 0 Å². The first kappa shape index (κ1) is 115. The number of likely N-dealkylation sites (tertiary alicyclic amines) is 9. The van der Waals surface area contributed by atoms with Crippen LogP contribution in [0.15, 0.2) is 16.8 Å². The first-order valence-electron chi connectivity index (χ1n) is 52.4. The monoisotopic (exact) mass is 1800 g/mol. The van der Waals surface area contributed by atoms with Crippen molar-refractivity contribution in [3.8, 4) is 0 Å². The Morgan fingerprint density at radius 2 is 0.797 bits per heavy atom. The number of aryl methyl sites for hydroxylation is 1. The summed E-state index contributed by atoms with van der Waals surface area (Å²) < 4.78 is 29.9. The highest BCUT2D eigenvalue weighted by atomic mass is 19.3. The number of aliphatic hydroxyl groups excluding tert-OH is 2. The van der Waals surface area contributed by atoms with Gasteiger partial charge in [-0.05, 0) is 405 Å². The molecule has 6 atom stereocenters. The van der Waals surface area contributed by atoms with Gasteiger partial charge in [0, 0.05) is 164 Å². The van der Waals surface area contributed by atoms with Crippen molar-refractivity contribution in [2.24, 2.45) is 23.7 Å². The third-order valence-electron chi connectivity index (χ3n) is 30.6. The van der Waals surface area contributed by atoms with Gasteiger partial charge in [0.15, 0.2) is 5.82 Å². The van der Waals surface area contributed by atoms with Crippen molar-refractivity contribution in [1.29, 1.82) is 0 Å². The van der Waals surface area contributed by atoms with Crippen LogP contribution in [0.5, 0.6) is 0 Å². The van der Waals surface area contributed by atoms with Gasteiger partial charge in [0.1, 0.15) is 0 Å². The lowest BCUT2D eigenvalue weighted by Gasteiger charge is -2.48. The summed E-state index contributed by atoms with van der Waals surface area (Å²) in [5.41, 5.74) is 3.66. The van der Waals surface area contributed by atoms with E-state index in [1.54, 1.807) is 0 Å². The number of H-pyrrole nitrogens is 1. The summed E-state index contributed by atoms with van der Waals surface area (Å²) in [6, 6.07) is 5.93. The summed E-state index contributed by atoms with van der Waals surface area (Å²) in [4.78, 5) is 34.7. The topological polar surface area (TPSA) is 146 Å². The van der Waals surface area contributed by atoms with Crippen molar-refractivity contribution in [2.45, 2.75) is 530 Å². The van der Waals surface area contributed by atoms with Crippen LogP contribution in [0.2, 0.25) is 0 Å². The summed E-state index contributed by atoms with van der Waals surface area (Å²) >= 11 is 0. The summed E-state index contributed by atoms with van der Waals surface area (Å²) in [6.45, 7) is 97.0. The number of halogens is 2. The number of aromatic amines is 1. The van der Waals surface area contributed by atoms with Crippen LogP contribution in [0.4, 0.5) is 8.78 Å². The standard InChI is InChI=1S/2C15H29N.C13H23N3.C12H21N3O.C11H20N2.2C11H23NO.C10H19F2N.C10H18N2/c2*1-15(2,3)16-12-8-7-11-14(16)13-9-5-4-6-10-13;1-10-6-8-16(13(2,3)4)12(9-10)11-5-7-14-15-11;1-9-13-11(16-14-9)10-5-7-15(8-6-10)12(2,3)4;1-10(2,3)13-8-6-11(4,12-5)7-9-13;2*1-11(2,3)12-8-5-4-6-10(12)7-9-13;1-10(2,3)13-6-4-8(5-7-13)9(11)12;1-10(2,3)12-7-5-9(11-4)6-8-12/h2*13-14H,4-12H2,1-3H3;5,7,10,12H,6,8-9H2,1-4H3,(H,14,15);10H,5-8H2,1-4H3;6-9H2,1-4H3;2*10,13H,4-9H2,1-3H3;8-9H,4-7H2,1-3H3;9H,5-8H2,1-3H3/t2*14-;10-,12+;;;2*10-;;/m100..10../s1. The van der Waals surface area contributed by atoms with Crippen molar-refractivity contribution < 1.29 is 23.5 Å². The average Bonchev–Trinajstić information content (AvgIpc) is 1.29. The summed E-state index contributed by atoms with van der Waals surface area (Å²) in [5.74, 6) is 4.49. The van der Waals surface area contributed by atoms with Crippen LogP contribution in [0, 0.1) is 43.7 Å². The smallest absolute Gasteiger partial charge is 0.241 e. The molecule has 18 nitrogen and oxygen atoms in total. The fourth-order valence-corrected chi connectivity index (χ4v) is 22.5. The number of piperidine rings is 9. The van der Waals surface area contributed by atoms with E-state index in [2.05, 4.69) is 281 Å². The fraction of sp³-hybridized carbons (Fsp3) is 0.935. The summed E-state index contributed by atoms with van der Waals surface area (Å²) in [7, 11) is 0. The zero-order valence-corrected chi connectivity index (χ0v) is 89.1. The molecule has 20 heteroatoms. The van der Waals surface area contributed by atoms with Gasteiger partial charge in [0.2, 0.25) is 23.9 Å². The first-order chi connectivity index (χ1) is 59.6. The molecule has 0 spiro atoms. The Hall–Kier alpha value is -3.25. The molecule has 2 saturated carbocycles. The van der Waals surface area contributed by atoms with E-state index >= 15 is 0 Å². The number of alkyl halides is 2. The first-order valence-corrected chi connectivity index (χ1v) is 52.4. The molecule has 2 aromatic heterocycles. The van der Waals surface area contributed by atoms with Gasteiger partial charge in [-0.3, -0.25) is 49.2 Å². The van der Waals surface area contributed by atoms with Crippen LogP contribution in [0.25, 0.3) is 9.69 Å². The molecule has 11 heterocycles. The highest BCUT2D eigenvalue weighted by Gasteiger charge is 2.43. The Morgan fingerprint density at radius 3 is 1.12 bits per heavy atom. The van der Waals surface area contributed by atoms with Gasteiger partial charge in [0.05, 0.1) is 11.7 Å². The molecule has 0 unspecified atom stereocenters. The average molecular weight is 1800 g/mol. The zero-order valence-electron chi connectivity index (χ0n) is 89.1. The molecule has 2 aromatic rings. The van der Waals surface area contributed by atoms with Crippen molar-refractivity contribution in [1.82, 2.24) is 64.4 Å². The van der Waals surface area contributed by atoms with Gasteiger partial charge in [-0.1, -0.05) is 76.3 Å². The van der Waals surface area contributed by atoms with E-state index in [-0.39, 0.29) is 50.2 Å². The lowest BCUT2D eigenvalue weighted by molar-refractivity contribution is 0.0102. The molecule has 128 heavy (non-hydrogen) atoms. The number of nitrogens with zero attached hydrogens (tertiary/aromatic N) is 14. The largest absolute Gasteiger partial charge is 0.396 e. The number of nitrogens with one attached hydrogen (secondary N) is 1. The maximum Gasteiger partial charge on any atom is 0.241 e. The Bertz CT molecular complexity index is 3230. The molecule has 9 saturated heterocycles. The van der Waals surface area contributed by atoms with Crippen LogP contribution >= 0.6 is 0 Å². The van der Waals surface area contributed by atoms with Gasteiger partial charge >= 0.3 is 0 Å². The highest BCUT2D eigenvalue weighted by Crippen LogP contribution is 2.42. The van der Waals surface area contributed by atoms with Gasteiger partial charge in [0.25, 0.3) is 0 Å². The van der Waals surface area contributed by atoms with Crippen LogP contribution < -0.4 is 0 Å². The highest BCUT2D eigenvalue weighted by molar-refractivity contribution is 5.09. The lowest BCUT2D eigenvalue weighted by atomic mass is 9.78. The third-order valence-corrected chi connectivity index (χ3v) is 30.6. The van der Waals surface area contributed by atoms with Crippen molar-refractivity contribution in [2.75, 3.05) is 98.3 Å². The predicted molar refractivity (Wildman–Crippen MR) is 538 cm³/mol. The minimum absolute atomic E-state index is 0.0816. The molecule has 11 aliphatic rings. The molecular formula is C108H205F2N15O3. The predicted octanol–water partition coefficient (Wildman–Crippen LogP) is 25.3. The number of aromatic nitrogens is 4. The van der Waals surface area contributed by atoms with E-state index < -0.39 is 6.43 Å². The zero-order chi connectivity index (χ0) is 95.9. The van der Waals surface area contributed by atoms with Crippen LogP contribution in [0.3, 0.4) is 0 Å². The number of rotatable bonds is 9. The van der Waals surface area contributed by atoms with Crippen molar-refractivity contribution >= 4 is 0 Å². The van der Waals surface area contributed by atoms with Gasteiger partial charge in [-0.15, -0.1) is 0 Å². The maximum atomic E-state index is 12.3. The Labute approximate surface area is 788 Å². The fourth-order valence-electron chi connectivity index (χ4n) is 22.5. The Kier molecular flexibility index (Phi) is 48.1. The molecule has 0 radical (unpaired) electrons. The molecule has 0 aromatic carbocycles. The van der Waals surface area contributed by atoms with Gasteiger partial charge in [-0.2, -0.15) is 10.1 Å². The van der Waals surface area contributed by atoms with E-state index in [1.165, 1.54) is 193 Å². The SMILES string of the molecule is CC(C)(C)N1CCC(C(F)F)CC1.CC(C)(C)N1CCCC[C@@H]1C1CCCCC1.CC(C)(C)N1CCCC[C@@H]1CCO.CC(C)(C)N1CCCC[C@H]1C1CCCCC1.CC(C)(C)N1CCCC[C@H]1CCO.C[C@H]1CCN(C(C)(C)C)[C@@H](c2ccn[nH]2)C1.Cc1noc(C2CCN(C(C)(C)C)CC2)n1.[C-]#[N+]C1(C)CCN(C(C)(C)C)CC1.[C-]#[N+]C1CCN(C(C)(C)C)CC1. The van der Waals surface area contributed by atoms with E-state index in [4.69, 9.17) is 27.9 Å². The second-order valence-corrected chi connectivity index (χ2v) is 50.0. The van der Waals surface area contributed by atoms with Crippen LogP contribution in [-0.4, -0.2) is 265 Å². The quantitative estimate of drug-likeness (QED) is 0.205. The lowest BCUT2D eigenvalue weighted by Crippen LogP contribution is -2.53. The number of hydrogen-bond donors (Lipinski definition) is 3. The van der Waals surface area contributed by atoms with E-state index in [9.17, 15) is 8.78 Å². The molecule has 0 amide bonds. The Morgan fingerprint density at radius 1 is 0.438 bits per heavy atom. The third kappa shape index (κ3) is 40.2. The van der Waals surface area contributed by atoms with Crippen LogP contribution in [-0.2, 0) is 0 Å². The maximum absolute atomic E-state index is 12.3. The van der Waals surface area contributed by atoms with Gasteiger partial charge < -0.3 is 24.4 Å². The minimum atomic E-state index is -2.12. The molecular weight excluding hydrogens is 1590 g/mol. The minimum Gasteiger partial charge on any atom is -0.396 e. The van der Waals surface area contributed by atoms with Crippen LogP contribution in [0.1, 0.15) is 448 Å². The molecule has 13 rings (SSSR count). The molecule has 0 bridgehead atoms. The molecule has 9 aliphatic heterocycles. The molecule has 11 fully saturated rings.